The number of anilines is 2. The molecule has 2 rings (SSSR count). The first-order valence-corrected chi connectivity index (χ1v) is 6.15. The molecule has 2 heterocycles. The lowest BCUT2D eigenvalue weighted by atomic mass is 10.2. The van der Waals surface area contributed by atoms with Gasteiger partial charge in [-0.3, -0.25) is 9.97 Å². The molecule has 0 aromatic carbocycles. The standard InChI is InChI=1S/C14H18N4/c1-2-18(14-11-16-9-6-13(14)15)10-7-12-5-3-4-8-17-12/h3-6,8-9,11H,2,7,10H2,1H3,(H2,15,16). The van der Waals surface area contributed by atoms with Gasteiger partial charge in [0, 0.05) is 37.6 Å². The van der Waals surface area contributed by atoms with Gasteiger partial charge in [0.1, 0.15) is 0 Å². The molecule has 4 heteroatoms. The minimum atomic E-state index is 0.771. The molecule has 0 spiro atoms. The van der Waals surface area contributed by atoms with E-state index >= 15 is 0 Å². The number of rotatable bonds is 5. The largest absolute Gasteiger partial charge is 0.397 e. The smallest absolute Gasteiger partial charge is 0.0786 e. The molecule has 0 atom stereocenters. The molecule has 18 heavy (non-hydrogen) atoms. The van der Waals surface area contributed by atoms with Crippen molar-refractivity contribution >= 4 is 11.4 Å². The monoisotopic (exact) mass is 242 g/mol. The minimum Gasteiger partial charge on any atom is -0.397 e. The molecule has 2 aromatic heterocycles. The maximum Gasteiger partial charge on any atom is 0.0786 e. The Morgan fingerprint density at radius 3 is 2.78 bits per heavy atom. The molecule has 0 aliphatic heterocycles. The van der Waals surface area contributed by atoms with Crippen LogP contribution in [0, 0.1) is 0 Å². The van der Waals surface area contributed by atoms with Crippen LogP contribution >= 0.6 is 0 Å². The molecule has 2 aromatic rings. The predicted molar refractivity (Wildman–Crippen MR) is 74.5 cm³/mol. The molecule has 0 saturated carbocycles. The first kappa shape index (κ1) is 12.4. The second-order valence-corrected chi connectivity index (χ2v) is 4.09. The number of nitrogens with zero attached hydrogens (tertiary/aromatic N) is 3. The van der Waals surface area contributed by atoms with Crippen LogP contribution in [0.2, 0.25) is 0 Å². The molecule has 94 valence electrons. The summed E-state index contributed by atoms with van der Waals surface area (Å²) in [6.07, 6.45) is 6.26. The zero-order chi connectivity index (χ0) is 12.8. The first-order valence-electron chi connectivity index (χ1n) is 6.15. The summed E-state index contributed by atoms with van der Waals surface area (Å²) in [6.45, 7) is 3.91. The van der Waals surface area contributed by atoms with E-state index in [2.05, 4.69) is 21.8 Å². The quantitative estimate of drug-likeness (QED) is 0.872. The van der Waals surface area contributed by atoms with Crippen molar-refractivity contribution in [3.8, 4) is 0 Å². The fourth-order valence-corrected chi connectivity index (χ4v) is 1.91. The van der Waals surface area contributed by atoms with Gasteiger partial charge in [-0.05, 0) is 25.1 Å². The van der Waals surface area contributed by atoms with Crippen molar-refractivity contribution in [3.05, 3.63) is 48.5 Å². The Balaban J connectivity index is 2.04. The molecule has 0 aliphatic rings. The summed E-state index contributed by atoms with van der Waals surface area (Å²) in [5, 5.41) is 0. The normalized spacial score (nSPS) is 10.3. The highest BCUT2D eigenvalue weighted by molar-refractivity contribution is 5.65. The number of nitrogen functional groups attached to an aromatic ring is 1. The number of pyridine rings is 2. The Morgan fingerprint density at radius 1 is 1.22 bits per heavy atom. The van der Waals surface area contributed by atoms with Crippen LogP contribution in [-0.2, 0) is 6.42 Å². The summed E-state index contributed by atoms with van der Waals surface area (Å²) < 4.78 is 0. The highest BCUT2D eigenvalue weighted by Gasteiger charge is 2.08. The van der Waals surface area contributed by atoms with Gasteiger partial charge in [0.25, 0.3) is 0 Å². The van der Waals surface area contributed by atoms with Gasteiger partial charge in [0.2, 0.25) is 0 Å². The van der Waals surface area contributed by atoms with E-state index in [0.717, 1.165) is 36.6 Å². The van der Waals surface area contributed by atoms with E-state index in [9.17, 15) is 0 Å². The van der Waals surface area contributed by atoms with E-state index in [0.29, 0.717) is 0 Å². The van der Waals surface area contributed by atoms with E-state index in [4.69, 9.17) is 5.73 Å². The third kappa shape index (κ3) is 2.97. The summed E-state index contributed by atoms with van der Waals surface area (Å²) >= 11 is 0. The van der Waals surface area contributed by atoms with Crippen LogP contribution in [0.5, 0.6) is 0 Å². The summed E-state index contributed by atoms with van der Waals surface area (Å²) in [4.78, 5) is 10.7. The Morgan fingerprint density at radius 2 is 2.11 bits per heavy atom. The van der Waals surface area contributed by atoms with Crippen molar-refractivity contribution in [3.63, 3.8) is 0 Å². The second-order valence-electron chi connectivity index (χ2n) is 4.09. The van der Waals surface area contributed by atoms with Crippen LogP contribution in [0.3, 0.4) is 0 Å². The third-order valence-corrected chi connectivity index (χ3v) is 2.92. The molecule has 0 saturated heterocycles. The number of nitrogens with two attached hydrogens (primary N) is 1. The average molecular weight is 242 g/mol. The molecule has 0 amide bonds. The molecular formula is C14H18N4. The van der Waals surface area contributed by atoms with E-state index in [-0.39, 0.29) is 0 Å². The van der Waals surface area contributed by atoms with Gasteiger partial charge in [-0.25, -0.2) is 0 Å². The average Bonchev–Trinajstić information content (AvgIpc) is 2.42. The maximum atomic E-state index is 5.97. The van der Waals surface area contributed by atoms with Crippen LogP contribution in [-0.4, -0.2) is 23.1 Å². The lowest BCUT2D eigenvalue weighted by Gasteiger charge is -2.23. The number of hydrogen-bond donors (Lipinski definition) is 1. The van der Waals surface area contributed by atoms with Crippen LogP contribution in [0.4, 0.5) is 11.4 Å². The number of hydrogen-bond acceptors (Lipinski definition) is 4. The van der Waals surface area contributed by atoms with Crippen molar-refractivity contribution in [1.29, 1.82) is 0 Å². The third-order valence-electron chi connectivity index (χ3n) is 2.92. The summed E-state index contributed by atoms with van der Waals surface area (Å²) in [5.41, 5.74) is 8.83. The topological polar surface area (TPSA) is 55.0 Å². The molecule has 0 unspecified atom stereocenters. The van der Waals surface area contributed by atoms with Crippen molar-refractivity contribution in [2.75, 3.05) is 23.7 Å². The summed E-state index contributed by atoms with van der Waals surface area (Å²) in [6, 6.07) is 7.82. The molecular weight excluding hydrogens is 224 g/mol. The molecule has 0 aliphatic carbocycles. The fraction of sp³-hybridized carbons (Fsp3) is 0.286. The molecule has 0 bridgehead atoms. The zero-order valence-electron chi connectivity index (χ0n) is 10.6. The van der Waals surface area contributed by atoms with Gasteiger partial charge in [-0.1, -0.05) is 6.07 Å². The zero-order valence-corrected chi connectivity index (χ0v) is 10.6. The van der Waals surface area contributed by atoms with Crippen molar-refractivity contribution in [2.45, 2.75) is 13.3 Å². The van der Waals surface area contributed by atoms with Crippen LogP contribution < -0.4 is 10.6 Å². The van der Waals surface area contributed by atoms with Gasteiger partial charge in [-0.2, -0.15) is 0 Å². The van der Waals surface area contributed by atoms with Gasteiger partial charge >= 0.3 is 0 Å². The van der Waals surface area contributed by atoms with E-state index in [1.807, 2.05) is 36.7 Å². The van der Waals surface area contributed by atoms with E-state index in [1.54, 1.807) is 6.20 Å². The maximum absolute atomic E-state index is 5.97. The van der Waals surface area contributed by atoms with Gasteiger partial charge in [0.05, 0.1) is 17.6 Å². The van der Waals surface area contributed by atoms with Crippen molar-refractivity contribution in [2.24, 2.45) is 0 Å². The minimum absolute atomic E-state index is 0.771. The molecule has 4 nitrogen and oxygen atoms in total. The number of aromatic nitrogens is 2. The SMILES string of the molecule is CCN(CCc1ccccn1)c1cnccc1N. The Labute approximate surface area is 107 Å². The van der Waals surface area contributed by atoms with Crippen LogP contribution in [0.25, 0.3) is 0 Å². The van der Waals surface area contributed by atoms with Crippen LogP contribution in [0.1, 0.15) is 12.6 Å². The van der Waals surface area contributed by atoms with Crippen molar-refractivity contribution in [1.82, 2.24) is 9.97 Å². The molecule has 0 radical (unpaired) electrons. The lowest BCUT2D eigenvalue weighted by molar-refractivity contribution is 0.794. The van der Waals surface area contributed by atoms with E-state index in [1.165, 1.54) is 0 Å². The lowest BCUT2D eigenvalue weighted by Crippen LogP contribution is -2.26. The molecule has 0 fully saturated rings. The summed E-state index contributed by atoms with van der Waals surface area (Å²) in [5.74, 6) is 0. The first-order chi connectivity index (χ1) is 8.81. The molecule has 2 N–H and O–H groups in total. The Hall–Kier alpha value is -2.10. The van der Waals surface area contributed by atoms with E-state index < -0.39 is 0 Å². The second kappa shape index (κ2) is 6.00. The highest BCUT2D eigenvalue weighted by atomic mass is 15.1. The van der Waals surface area contributed by atoms with Crippen LogP contribution in [0.15, 0.2) is 42.9 Å². The van der Waals surface area contributed by atoms with Gasteiger partial charge in [0.15, 0.2) is 0 Å². The number of likely N-dealkylation sites (N-methyl/N-ethyl adjacent to an activating group) is 1. The van der Waals surface area contributed by atoms with Gasteiger partial charge < -0.3 is 10.6 Å². The fourth-order valence-electron chi connectivity index (χ4n) is 1.91. The highest BCUT2D eigenvalue weighted by Crippen LogP contribution is 2.20. The van der Waals surface area contributed by atoms with Crippen molar-refractivity contribution < 1.29 is 0 Å². The predicted octanol–water partition coefficient (Wildman–Crippen LogP) is 2.13. The van der Waals surface area contributed by atoms with Gasteiger partial charge in [-0.15, -0.1) is 0 Å². The summed E-state index contributed by atoms with van der Waals surface area (Å²) in [7, 11) is 0. The Bertz CT molecular complexity index is 484. The Kier molecular flexibility index (Phi) is 4.12.